The van der Waals surface area contributed by atoms with Gasteiger partial charge in [0.05, 0.1) is 0 Å². The van der Waals surface area contributed by atoms with Gasteiger partial charge in [0.1, 0.15) is 6.10 Å². The molecule has 2 N–H and O–H groups in total. The Labute approximate surface area is 89.4 Å². The van der Waals surface area contributed by atoms with E-state index in [0.717, 1.165) is 5.56 Å². The molecule has 0 fully saturated rings. The fourth-order valence-electron chi connectivity index (χ4n) is 1.17. The highest BCUT2D eigenvalue weighted by Gasteiger charge is 2.11. The summed E-state index contributed by atoms with van der Waals surface area (Å²) in [4.78, 5) is 11.3. The molecule has 3 nitrogen and oxygen atoms in total. The number of benzene rings is 1. The SMILES string of the molecule is C=CC[C@@H](O)C(=O)NCc1ccccc1. The smallest absolute Gasteiger partial charge is 0.249 e. The first-order valence-electron chi connectivity index (χ1n) is 4.84. The third-order valence-corrected chi connectivity index (χ3v) is 2.00. The number of carbonyl (C=O) groups excluding carboxylic acids is 1. The van der Waals surface area contributed by atoms with E-state index in [0.29, 0.717) is 6.54 Å². The highest BCUT2D eigenvalue weighted by Crippen LogP contribution is 1.98. The lowest BCUT2D eigenvalue weighted by Gasteiger charge is -2.09. The molecule has 0 aromatic heterocycles. The lowest BCUT2D eigenvalue weighted by atomic mass is 10.2. The second-order valence-electron chi connectivity index (χ2n) is 3.24. The molecule has 80 valence electrons. The van der Waals surface area contributed by atoms with E-state index in [2.05, 4.69) is 11.9 Å². The number of carbonyl (C=O) groups is 1. The van der Waals surface area contributed by atoms with E-state index in [-0.39, 0.29) is 12.3 Å². The second kappa shape index (κ2) is 5.98. The highest BCUT2D eigenvalue weighted by molar-refractivity contribution is 5.80. The fourth-order valence-corrected chi connectivity index (χ4v) is 1.17. The van der Waals surface area contributed by atoms with E-state index in [4.69, 9.17) is 0 Å². The zero-order chi connectivity index (χ0) is 11.1. The van der Waals surface area contributed by atoms with Crippen LogP contribution in [-0.4, -0.2) is 17.1 Å². The van der Waals surface area contributed by atoms with Crippen LogP contribution in [0.4, 0.5) is 0 Å². The molecule has 1 atom stereocenters. The number of hydrogen-bond donors (Lipinski definition) is 2. The molecule has 1 rings (SSSR count). The molecule has 0 bridgehead atoms. The van der Waals surface area contributed by atoms with Crippen molar-refractivity contribution in [3.8, 4) is 0 Å². The summed E-state index contributed by atoms with van der Waals surface area (Å²) in [6, 6.07) is 9.56. The molecule has 0 radical (unpaired) electrons. The predicted octanol–water partition coefficient (Wildman–Crippen LogP) is 1.24. The zero-order valence-corrected chi connectivity index (χ0v) is 8.52. The number of amides is 1. The van der Waals surface area contributed by atoms with E-state index in [1.165, 1.54) is 6.08 Å². The minimum Gasteiger partial charge on any atom is -0.383 e. The fraction of sp³-hybridized carbons (Fsp3) is 0.250. The number of rotatable bonds is 5. The van der Waals surface area contributed by atoms with Gasteiger partial charge in [-0.3, -0.25) is 4.79 Å². The van der Waals surface area contributed by atoms with Crippen molar-refractivity contribution in [1.29, 1.82) is 0 Å². The Kier molecular flexibility index (Phi) is 4.57. The average Bonchev–Trinajstić information content (AvgIpc) is 2.27. The predicted molar refractivity (Wildman–Crippen MR) is 59.1 cm³/mol. The molecule has 1 amide bonds. The van der Waals surface area contributed by atoms with Crippen LogP contribution in [0.1, 0.15) is 12.0 Å². The number of hydrogen-bond acceptors (Lipinski definition) is 2. The average molecular weight is 205 g/mol. The molecule has 0 spiro atoms. The monoisotopic (exact) mass is 205 g/mol. The van der Waals surface area contributed by atoms with Gasteiger partial charge in [0.2, 0.25) is 5.91 Å². The van der Waals surface area contributed by atoms with Crippen LogP contribution in [0.2, 0.25) is 0 Å². The van der Waals surface area contributed by atoms with Gasteiger partial charge < -0.3 is 10.4 Å². The van der Waals surface area contributed by atoms with E-state index in [9.17, 15) is 9.90 Å². The standard InChI is InChI=1S/C12H15NO2/c1-2-6-11(14)12(15)13-9-10-7-4-3-5-8-10/h2-5,7-8,11,14H,1,6,9H2,(H,13,15)/t11-/m1/s1. The van der Waals surface area contributed by atoms with Gasteiger partial charge in [-0.1, -0.05) is 36.4 Å². The minimum absolute atomic E-state index is 0.278. The topological polar surface area (TPSA) is 49.3 Å². The summed E-state index contributed by atoms with van der Waals surface area (Å²) in [7, 11) is 0. The van der Waals surface area contributed by atoms with Gasteiger partial charge in [-0.2, -0.15) is 0 Å². The van der Waals surface area contributed by atoms with Gasteiger partial charge in [0.15, 0.2) is 0 Å². The Bertz CT molecular complexity index is 322. The normalized spacial score (nSPS) is 11.8. The molecule has 0 aliphatic rings. The summed E-state index contributed by atoms with van der Waals surface area (Å²) in [5.41, 5.74) is 1.01. The van der Waals surface area contributed by atoms with Crippen LogP contribution in [0.25, 0.3) is 0 Å². The van der Waals surface area contributed by atoms with Crippen molar-refractivity contribution in [2.45, 2.75) is 19.1 Å². The first-order valence-corrected chi connectivity index (χ1v) is 4.84. The van der Waals surface area contributed by atoms with Crippen LogP contribution in [0, 0.1) is 0 Å². The van der Waals surface area contributed by atoms with Gasteiger partial charge in [0, 0.05) is 13.0 Å². The molecule has 0 saturated carbocycles. The van der Waals surface area contributed by atoms with E-state index in [1.54, 1.807) is 0 Å². The second-order valence-corrected chi connectivity index (χ2v) is 3.24. The highest BCUT2D eigenvalue weighted by atomic mass is 16.3. The Morgan fingerprint density at radius 2 is 2.13 bits per heavy atom. The van der Waals surface area contributed by atoms with E-state index in [1.807, 2.05) is 30.3 Å². The number of aliphatic hydroxyl groups is 1. The third-order valence-electron chi connectivity index (χ3n) is 2.00. The molecular formula is C12H15NO2. The van der Waals surface area contributed by atoms with Crippen LogP contribution in [0.3, 0.4) is 0 Å². The van der Waals surface area contributed by atoms with Crippen LogP contribution in [0.15, 0.2) is 43.0 Å². The number of nitrogens with one attached hydrogen (secondary N) is 1. The summed E-state index contributed by atoms with van der Waals surface area (Å²) < 4.78 is 0. The largest absolute Gasteiger partial charge is 0.383 e. The summed E-state index contributed by atoms with van der Waals surface area (Å²) in [6.45, 7) is 3.90. The molecule has 1 aromatic rings. The Morgan fingerprint density at radius 3 is 2.73 bits per heavy atom. The van der Waals surface area contributed by atoms with Gasteiger partial charge in [-0.15, -0.1) is 6.58 Å². The van der Waals surface area contributed by atoms with Crippen molar-refractivity contribution in [3.05, 3.63) is 48.6 Å². The first-order chi connectivity index (χ1) is 7.24. The zero-order valence-electron chi connectivity index (χ0n) is 8.52. The van der Waals surface area contributed by atoms with E-state index >= 15 is 0 Å². The Hall–Kier alpha value is -1.61. The molecular weight excluding hydrogens is 190 g/mol. The summed E-state index contributed by atoms with van der Waals surface area (Å²) >= 11 is 0. The molecule has 0 aliphatic heterocycles. The summed E-state index contributed by atoms with van der Waals surface area (Å²) in [6.07, 6.45) is 0.805. The quantitative estimate of drug-likeness (QED) is 0.710. The van der Waals surface area contributed by atoms with Crippen molar-refractivity contribution < 1.29 is 9.90 Å². The molecule has 1 aromatic carbocycles. The molecule has 3 heteroatoms. The maximum atomic E-state index is 11.3. The molecule has 0 unspecified atom stereocenters. The molecule has 0 saturated heterocycles. The van der Waals surface area contributed by atoms with Crippen molar-refractivity contribution in [2.75, 3.05) is 0 Å². The minimum atomic E-state index is -0.994. The third kappa shape index (κ3) is 3.95. The molecule has 0 heterocycles. The van der Waals surface area contributed by atoms with Crippen LogP contribution in [-0.2, 0) is 11.3 Å². The van der Waals surface area contributed by atoms with Crippen molar-refractivity contribution in [1.82, 2.24) is 5.32 Å². The van der Waals surface area contributed by atoms with Crippen LogP contribution >= 0.6 is 0 Å². The van der Waals surface area contributed by atoms with Crippen molar-refractivity contribution in [3.63, 3.8) is 0 Å². The van der Waals surface area contributed by atoms with E-state index < -0.39 is 6.10 Å². The number of aliphatic hydroxyl groups excluding tert-OH is 1. The van der Waals surface area contributed by atoms with Crippen LogP contribution < -0.4 is 5.32 Å². The maximum absolute atomic E-state index is 11.3. The maximum Gasteiger partial charge on any atom is 0.249 e. The summed E-state index contributed by atoms with van der Waals surface area (Å²) in [5.74, 6) is -0.362. The summed E-state index contributed by atoms with van der Waals surface area (Å²) in [5, 5.41) is 12.0. The van der Waals surface area contributed by atoms with Gasteiger partial charge in [0.25, 0.3) is 0 Å². The van der Waals surface area contributed by atoms with Crippen molar-refractivity contribution in [2.24, 2.45) is 0 Å². The van der Waals surface area contributed by atoms with Gasteiger partial charge >= 0.3 is 0 Å². The lowest BCUT2D eigenvalue weighted by molar-refractivity contribution is -0.129. The lowest BCUT2D eigenvalue weighted by Crippen LogP contribution is -2.33. The Balaban J connectivity index is 2.37. The van der Waals surface area contributed by atoms with Crippen molar-refractivity contribution >= 4 is 5.91 Å². The first kappa shape index (κ1) is 11.5. The van der Waals surface area contributed by atoms with Gasteiger partial charge in [-0.25, -0.2) is 0 Å². The van der Waals surface area contributed by atoms with Crippen LogP contribution in [0.5, 0.6) is 0 Å². The molecule has 15 heavy (non-hydrogen) atoms. The Morgan fingerprint density at radius 1 is 1.47 bits per heavy atom. The molecule has 0 aliphatic carbocycles. The van der Waals surface area contributed by atoms with Gasteiger partial charge in [-0.05, 0) is 5.56 Å².